The van der Waals surface area contributed by atoms with E-state index in [1.165, 1.54) is 0 Å². The molecule has 4 aromatic rings. The van der Waals surface area contributed by atoms with Crippen LogP contribution < -0.4 is 5.32 Å². The predicted molar refractivity (Wildman–Crippen MR) is 124 cm³/mol. The molecule has 0 spiro atoms. The molecule has 0 radical (unpaired) electrons. The van der Waals surface area contributed by atoms with E-state index in [0.29, 0.717) is 32.9 Å². The summed E-state index contributed by atoms with van der Waals surface area (Å²) in [5.41, 5.74) is 3.40. The van der Waals surface area contributed by atoms with Crippen molar-refractivity contribution < 1.29 is 4.79 Å². The summed E-state index contributed by atoms with van der Waals surface area (Å²) >= 11 is 18.8. The lowest BCUT2D eigenvalue weighted by Gasteiger charge is -2.07. The van der Waals surface area contributed by atoms with E-state index >= 15 is 0 Å². The number of carbonyl (C=O) groups is 1. The summed E-state index contributed by atoms with van der Waals surface area (Å²) < 4.78 is 3.32. The first-order valence-electron chi connectivity index (χ1n) is 9.44. The van der Waals surface area contributed by atoms with E-state index in [1.54, 1.807) is 40.7 Å². The SMILES string of the molecule is Cc1nn(-c2ccccc2)c(C)c1C(=O)Nc1nn(Cc2c(Cl)cccc2Cl)cc1Cl. The number of halogens is 3. The van der Waals surface area contributed by atoms with E-state index in [4.69, 9.17) is 34.8 Å². The lowest BCUT2D eigenvalue weighted by Crippen LogP contribution is -2.15. The fourth-order valence-electron chi connectivity index (χ4n) is 3.37. The average molecular weight is 475 g/mol. The highest BCUT2D eigenvalue weighted by atomic mass is 35.5. The summed E-state index contributed by atoms with van der Waals surface area (Å²) in [5, 5.41) is 13.1. The van der Waals surface area contributed by atoms with Crippen LogP contribution in [0.1, 0.15) is 27.3 Å². The van der Waals surface area contributed by atoms with Crippen molar-refractivity contribution >= 4 is 46.5 Å². The fourth-order valence-corrected chi connectivity index (χ4v) is 4.08. The van der Waals surface area contributed by atoms with Gasteiger partial charge in [-0.15, -0.1) is 0 Å². The van der Waals surface area contributed by atoms with Crippen LogP contribution in [0.5, 0.6) is 0 Å². The number of nitrogens with zero attached hydrogens (tertiary/aromatic N) is 4. The molecule has 1 N–H and O–H groups in total. The molecule has 2 aromatic heterocycles. The molecule has 1 amide bonds. The van der Waals surface area contributed by atoms with Crippen LogP contribution in [0.4, 0.5) is 5.82 Å². The van der Waals surface area contributed by atoms with Crippen molar-refractivity contribution in [3.8, 4) is 5.69 Å². The van der Waals surface area contributed by atoms with Crippen LogP contribution >= 0.6 is 34.8 Å². The number of benzene rings is 2. The monoisotopic (exact) mass is 473 g/mol. The van der Waals surface area contributed by atoms with Gasteiger partial charge >= 0.3 is 0 Å². The summed E-state index contributed by atoms with van der Waals surface area (Å²) in [5.74, 6) is -0.0822. The zero-order valence-corrected chi connectivity index (χ0v) is 19.0. The van der Waals surface area contributed by atoms with Crippen LogP contribution in [0.3, 0.4) is 0 Å². The van der Waals surface area contributed by atoms with Crippen molar-refractivity contribution in [2.45, 2.75) is 20.4 Å². The van der Waals surface area contributed by atoms with Crippen LogP contribution in [0.15, 0.2) is 54.7 Å². The van der Waals surface area contributed by atoms with E-state index in [1.807, 2.05) is 37.3 Å². The summed E-state index contributed by atoms with van der Waals surface area (Å²) in [6, 6.07) is 14.9. The minimum Gasteiger partial charge on any atom is -0.304 e. The minimum absolute atomic E-state index is 0.251. The van der Waals surface area contributed by atoms with Crippen molar-refractivity contribution in [1.29, 1.82) is 0 Å². The minimum atomic E-state index is -0.333. The van der Waals surface area contributed by atoms with Gasteiger partial charge in [-0.1, -0.05) is 59.1 Å². The van der Waals surface area contributed by atoms with E-state index in [0.717, 1.165) is 16.9 Å². The Hall–Kier alpha value is -2.80. The van der Waals surface area contributed by atoms with Crippen LogP contribution in [-0.4, -0.2) is 25.5 Å². The molecule has 0 saturated carbocycles. The number of para-hydroxylation sites is 1. The Morgan fingerprint density at radius 3 is 2.29 bits per heavy atom. The standard InChI is InChI=1S/C22H18Cl3N5O/c1-13-20(14(2)30(27-13)15-7-4-3-5-8-15)22(31)26-21-19(25)12-29(28-21)11-16-17(23)9-6-10-18(16)24/h3-10,12H,11H2,1-2H3,(H,26,28,31). The Morgan fingerprint density at radius 1 is 0.935 bits per heavy atom. The van der Waals surface area contributed by atoms with Gasteiger partial charge in [-0.05, 0) is 38.1 Å². The topological polar surface area (TPSA) is 64.7 Å². The molecule has 0 aliphatic rings. The lowest BCUT2D eigenvalue weighted by molar-refractivity contribution is 0.102. The number of aromatic nitrogens is 4. The lowest BCUT2D eigenvalue weighted by atomic mass is 10.2. The van der Waals surface area contributed by atoms with Crippen LogP contribution in [0, 0.1) is 13.8 Å². The smallest absolute Gasteiger partial charge is 0.260 e. The second kappa shape index (κ2) is 8.75. The molecule has 0 unspecified atom stereocenters. The first-order chi connectivity index (χ1) is 14.8. The molecule has 31 heavy (non-hydrogen) atoms. The van der Waals surface area contributed by atoms with Crippen molar-refractivity contribution in [3.05, 3.63) is 92.3 Å². The van der Waals surface area contributed by atoms with Gasteiger partial charge in [-0.3, -0.25) is 9.48 Å². The van der Waals surface area contributed by atoms with Crippen molar-refractivity contribution in [3.63, 3.8) is 0 Å². The Kier molecular flexibility index (Phi) is 6.05. The molecule has 2 aromatic carbocycles. The Morgan fingerprint density at radius 2 is 1.61 bits per heavy atom. The first kappa shape index (κ1) is 21.4. The summed E-state index contributed by atoms with van der Waals surface area (Å²) in [6.07, 6.45) is 1.62. The van der Waals surface area contributed by atoms with Crippen LogP contribution in [0.2, 0.25) is 15.1 Å². The third kappa shape index (κ3) is 4.32. The normalized spacial score (nSPS) is 11.0. The third-order valence-electron chi connectivity index (χ3n) is 4.85. The number of rotatable bonds is 5. The maximum absolute atomic E-state index is 13.0. The van der Waals surface area contributed by atoms with Crippen LogP contribution in [0.25, 0.3) is 5.69 Å². The van der Waals surface area contributed by atoms with E-state index in [2.05, 4.69) is 15.5 Å². The summed E-state index contributed by atoms with van der Waals surface area (Å²) in [7, 11) is 0. The van der Waals surface area contributed by atoms with E-state index in [9.17, 15) is 4.79 Å². The molecule has 9 heteroatoms. The molecule has 0 bridgehead atoms. The molecule has 0 aliphatic heterocycles. The van der Waals surface area contributed by atoms with Gasteiger partial charge in [-0.25, -0.2) is 4.68 Å². The van der Waals surface area contributed by atoms with Gasteiger partial charge in [0.1, 0.15) is 5.02 Å². The second-order valence-electron chi connectivity index (χ2n) is 6.97. The van der Waals surface area contributed by atoms with Crippen LogP contribution in [-0.2, 0) is 6.54 Å². The molecule has 158 valence electrons. The predicted octanol–water partition coefficient (Wildman–Crippen LogP) is 5.95. The van der Waals surface area contributed by atoms with Gasteiger partial charge in [0.2, 0.25) is 0 Å². The number of nitrogens with one attached hydrogen (secondary N) is 1. The molecule has 0 atom stereocenters. The van der Waals surface area contributed by atoms with Gasteiger partial charge < -0.3 is 5.32 Å². The second-order valence-corrected chi connectivity index (χ2v) is 8.19. The van der Waals surface area contributed by atoms with Gasteiger partial charge in [0.25, 0.3) is 5.91 Å². The molecule has 4 rings (SSSR count). The number of carbonyl (C=O) groups excluding carboxylic acids is 1. The molecular formula is C22H18Cl3N5O. The molecule has 0 saturated heterocycles. The molecule has 6 nitrogen and oxygen atoms in total. The molecular weight excluding hydrogens is 457 g/mol. The average Bonchev–Trinajstić information content (AvgIpc) is 3.23. The maximum Gasteiger partial charge on any atom is 0.260 e. The summed E-state index contributed by atoms with van der Waals surface area (Å²) in [6.45, 7) is 3.96. The number of anilines is 1. The van der Waals surface area contributed by atoms with E-state index in [-0.39, 0.29) is 11.7 Å². The Bertz CT molecular complexity index is 1240. The molecule has 0 fully saturated rings. The fraction of sp³-hybridized carbons (Fsp3) is 0.136. The number of amides is 1. The Labute approximate surface area is 194 Å². The zero-order chi connectivity index (χ0) is 22.1. The van der Waals surface area contributed by atoms with Crippen molar-refractivity contribution in [2.75, 3.05) is 5.32 Å². The van der Waals surface area contributed by atoms with Crippen molar-refractivity contribution in [2.24, 2.45) is 0 Å². The van der Waals surface area contributed by atoms with Gasteiger partial charge in [0.15, 0.2) is 5.82 Å². The maximum atomic E-state index is 13.0. The van der Waals surface area contributed by atoms with Gasteiger partial charge in [0.05, 0.1) is 29.2 Å². The highest BCUT2D eigenvalue weighted by Gasteiger charge is 2.21. The van der Waals surface area contributed by atoms with E-state index < -0.39 is 0 Å². The van der Waals surface area contributed by atoms with Gasteiger partial charge in [0, 0.05) is 21.8 Å². The zero-order valence-electron chi connectivity index (χ0n) is 16.7. The van der Waals surface area contributed by atoms with Crippen molar-refractivity contribution in [1.82, 2.24) is 19.6 Å². The molecule has 0 aliphatic carbocycles. The quantitative estimate of drug-likeness (QED) is 0.389. The largest absolute Gasteiger partial charge is 0.304 e. The highest BCUT2D eigenvalue weighted by Crippen LogP contribution is 2.27. The third-order valence-corrected chi connectivity index (χ3v) is 5.83. The Balaban J connectivity index is 1.58. The number of aryl methyl sites for hydroxylation is 1. The first-order valence-corrected chi connectivity index (χ1v) is 10.6. The number of hydrogen-bond acceptors (Lipinski definition) is 3. The molecule has 2 heterocycles. The summed E-state index contributed by atoms with van der Waals surface area (Å²) in [4.78, 5) is 13.0. The highest BCUT2D eigenvalue weighted by molar-refractivity contribution is 6.36. The van der Waals surface area contributed by atoms with Gasteiger partial charge in [-0.2, -0.15) is 10.2 Å². The number of hydrogen-bond donors (Lipinski definition) is 1.